The minimum atomic E-state index is 0.447. The Bertz CT molecular complexity index is 606. The number of para-hydroxylation sites is 2. The smallest absolute Gasteiger partial charge is 0.146 e. The van der Waals surface area contributed by atoms with Crippen molar-refractivity contribution in [2.24, 2.45) is 4.99 Å². The van der Waals surface area contributed by atoms with Gasteiger partial charge < -0.3 is 14.8 Å². The molecule has 1 aliphatic heterocycles. The molecule has 1 N–H and O–H groups in total. The molecule has 0 aliphatic carbocycles. The van der Waals surface area contributed by atoms with E-state index >= 15 is 0 Å². The van der Waals surface area contributed by atoms with E-state index in [1.54, 1.807) is 7.11 Å². The molecule has 0 aromatic heterocycles. The summed E-state index contributed by atoms with van der Waals surface area (Å²) < 4.78 is 10.8. The fourth-order valence-corrected chi connectivity index (χ4v) is 1.90. The number of rotatable bonds is 2. The predicted octanol–water partition coefficient (Wildman–Crippen LogP) is 3.23. The van der Waals surface area contributed by atoms with Crippen LogP contribution in [0.3, 0.4) is 0 Å². The van der Waals surface area contributed by atoms with Crippen LogP contribution in [0, 0.1) is 0 Å². The molecule has 3 rings (SSSR count). The Kier molecular flexibility index (Phi) is 3.06. The maximum atomic E-state index is 5.64. The van der Waals surface area contributed by atoms with Gasteiger partial charge in [0, 0.05) is 5.69 Å². The van der Waals surface area contributed by atoms with Crippen molar-refractivity contribution in [3.8, 4) is 11.5 Å². The summed E-state index contributed by atoms with van der Waals surface area (Å²) in [5.41, 5.74) is 1.81. The summed E-state index contributed by atoms with van der Waals surface area (Å²) in [6.07, 6.45) is 0. The normalized spacial score (nSPS) is 13.0. The first-order valence-corrected chi connectivity index (χ1v) is 6.05. The minimum absolute atomic E-state index is 0.447. The zero-order chi connectivity index (χ0) is 13.1. The third-order valence-corrected chi connectivity index (χ3v) is 2.86. The molecule has 0 saturated carbocycles. The highest BCUT2D eigenvalue weighted by molar-refractivity contribution is 5.99. The third kappa shape index (κ3) is 2.52. The van der Waals surface area contributed by atoms with Gasteiger partial charge in [-0.15, -0.1) is 0 Å². The highest BCUT2D eigenvalue weighted by atomic mass is 16.5. The van der Waals surface area contributed by atoms with E-state index in [1.165, 1.54) is 0 Å². The fraction of sp³-hybridized carbons (Fsp3) is 0.133. The Morgan fingerprint density at radius 1 is 1.11 bits per heavy atom. The molecule has 96 valence electrons. The molecule has 1 heterocycles. The summed E-state index contributed by atoms with van der Waals surface area (Å²) in [5, 5.41) is 3.24. The van der Waals surface area contributed by atoms with Crippen molar-refractivity contribution in [2.45, 2.75) is 0 Å². The molecule has 19 heavy (non-hydrogen) atoms. The number of amidine groups is 1. The summed E-state index contributed by atoms with van der Waals surface area (Å²) in [4.78, 5) is 4.53. The number of hydrogen-bond acceptors (Lipinski definition) is 4. The van der Waals surface area contributed by atoms with Gasteiger partial charge in [-0.05, 0) is 36.4 Å². The van der Waals surface area contributed by atoms with Crippen LogP contribution in [0.15, 0.2) is 53.5 Å². The molecule has 0 amide bonds. The van der Waals surface area contributed by atoms with Gasteiger partial charge in [0.25, 0.3) is 0 Å². The average molecular weight is 254 g/mol. The second-order valence-electron chi connectivity index (χ2n) is 4.17. The predicted molar refractivity (Wildman–Crippen MR) is 75.6 cm³/mol. The van der Waals surface area contributed by atoms with Crippen LogP contribution in [0.5, 0.6) is 11.5 Å². The summed E-state index contributed by atoms with van der Waals surface area (Å²) >= 11 is 0. The van der Waals surface area contributed by atoms with Crippen LogP contribution in [-0.2, 0) is 0 Å². The Morgan fingerprint density at radius 2 is 1.89 bits per heavy atom. The monoisotopic (exact) mass is 254 g/mol. The Labute approximate surface area is 111 Å². The van der Waals surface area contributed by atoms with E-state index in [-0.39, 0.29) is 0 Å². The lowest BCUT2D eigenvalue weighted by Crippen LogP contribution is -2.22. The number of methoxy groups -OCH3 is 1. The Morgan fingerprint density at radius 3 is 2.68 bits per heavy atom. The minimum Gasteiger partial charge on any atom is -0.497 e. The molecule has 2 aromatic carbocycles. The second-order valence-corrected chi connectivity index (χ2v) is 4.17. The molecule has 0 spiro atoms. The van der Waals surface area contributed by atoms with Crippen molar-refractivity contribution in [1.29, 1.82) is 0 Å². The van der Waals surface area contributed by atoms with Crippen LogP contribution >= 0.6 is 0 Å². The topological polar surface area (TPSA) is 42.8 Å². The molecule has 0 fully saturated rings. The largest absolute Gasteiger partial charge is 0.497 e. The number of fused-ring (bicyclic) bond motifs is 1. The van der Waals surface area contributed by atoms with Crippen molar-refractivity contribution in [3.05, 3.63) is 48.5 Å². The second kappa shape index (κ2) is 5.02. The van der Waals surface area contributed by atoms with Gasteiger partial charge >= 0.3 is 0 Å². The molecule has 0 radical (unpaired) electrons. The lowest BCUT2D eigenvalue weighted by atomic mass is 10.2. The molecule has 0 bridgehead atoms. The number of nitrogens with one attached hydrogen (secondary N) is 1. The first kappa shape index (κ1) is 11.6. The van der Waals surface area contributed by atoms with Gasteiger partial charge in [0.05, 0.1) is 7.11 Å². The molecule has 0 saturated heterocycles. The molecule has 1 aliphatic rings. The Hall–Kier alpha value is -2.49. The molecular formula is C15H14N2O2. The number of hydrogen-bond donors (Lipinski definition) is 1. The highest BCUT2D eigenvalue weighted by Gasteiger charge is 2.12. The summed E-state index contributed by atoms with van der Waals surface area (Å²) in [5.74, 6) is 2.45. The molecule has 2 aromatic rings. The number of aliphatic imine (C=N–C) groups is 1. The Balaban J connectivity index is 1.79. The van der Waals surface area contributed by atoms with Gasteiger partial charge in [-0.25, -0.2) is 4.99 Å². The maximum Gasteiger partial charge on any atom is 0.146 e. The standard InChI is InChI=1S/C15H14N2O2/c1-18-12-8-6-11(7-9-12)16-15-10-19-14-5-3-2-4-13(14)17-15/h2-9H,10H2,1H3,(H,16,17). The van der Waals surface area contributed by atoms with Crippen molar-refractivity contribution in [2.75, 3.05) is 19.0 Å². The van der Waals surface area contributed by atoms with Crippen LogP contribution in [0.2, 0.25) is 0 Å². The van der Waals surface area contributed by atoms with Gasteiger partial charge in [-0.3, -0.25) is 0 Å². The van der Waals surface area contributed by atoms with Crippen molar-refractivity contribution >= 4 is 17.2 Å². The number of nitrogens with zero attached hydrogens (tertiary/aromatic N) is 1. The van der Waals surface area contributed by atoms with Crippen LogP contribution in [0.4, 0.5) is 11.4 Å². The number of anilines is 1. The number of ether oxygens (including phenoxy) is 2. The first-order valence-electron chi connectivity index (χ1n) is 6.05. The highest BCUT2D eigenvalue weighted by Crippen LogP contribution is 2.30. The van der Waals surface area contributed by atoms with Gasteiger partial charge in [0.1, 0.15) is 29.6 Å². The van der Waals surface area contributed by atoms with Gasteiger partial charge in [0.15, 0.2) is 0 Å². The average Bonchev–Trinajstić information content (AvgIpc) is 2.48. The van der Waals surface area contributed by atoms with E-state index in [2.05, 4.69) is 10.3 Å². The van der Waals surface area contributed by atoms with E-state index in [1.807, 2.05) is 48.5 Å². The van der Waals surface area contributed by atoms with E-state index < -0.39 is 0 Å². The van der Waals surface area contributed by atoms with Crippen LogP contribution in [-0.4, -0.2) is 19.6 Å². The van der Waals surface area contributed by atoms with E-state index in [0.29, 0.717) is 6.61 Å². The summed E-state index contributed by atoms with van der Waals surface area (Å²) in [6, 6.07) is 15.4. The van der Waals surface area contributed by atoms with E-state index in [0.717, 1.165) is 28.7 Å². The first-order chi connectivity index (χ1) is 9.35. The third-order valence-electron chi connectivity index (χ3n) is 2.86. The molecular weight excluding hydrogens is 240 g/mol. The van der Waals surface area contributed by atoms with E-state index in [4.69, 9.17) is 9.47 Å². The zero-order valence-electron chi connectivity index (χ0n) is 10.6. The molecule has 4 nitrogen and oxygen atoms in total. The summed E-state index contributed by atoms with van der Waals surface area (Å²) in [6.45, 7) is 0.447. The van der Waals surface area contributed by atoms with Crippen molar-refractivity contribution in [1.82, 2.24) is 0 Å². The van der Waals surface area contributed by atoms with Gasteiger partial charge in [0.2, 0.25) is 0 Å². The zero-order valence-corrected chi connectivity index (χ0v) is 10.6. The van der Waals surface area contributed by atoms with E-state index in [9.17, 15) is 0 Å². The molecule has 0 unspecified atom stereocenters. The van der Waals surface area contributed by atoms with Crippen LogP contribution in [0.25, 0.3) is 0 Å². The molecule has 0 atom stereocenters. The molecule has 4 heteroatoms. The van der Waals surface area contributed by atoms with Crippen molar-refractivity contribution in [3.63, 3.8) is 0 Å². The summed E-state index contributed by atoms with van der Waals surface area (Å²) in [7, 11) is 1.65. The lowest BCUT2D eigenvalue weighted by Gasteiger charge is -2.17. The van der Waals surface area contributed by atoms with Crippen molar-refractivity contribution < 1.29 is 9.47 Å². The van der Waals surface area contributed by atoms with Gasteiger partial charge in [-0.2, -0.15) is 0 Å². The van der Waals surface area contributed by atoms with Gasteiger partial charge in [-0.1, -0.05) is 12.1 Å². The fourth-order valence-electron chi connectivity index (χ4n) is 1.90. The maximum absolute atomic E-state index is 5.64. The van der Waals surface area contributed by atoms with Crippen LogP contribution < -0.4 is 14.8 Å². The quantitative estimate of drug-likeness (QED) is 0.894. The van der Waals surface area contributed by atoms with Crippen LogP contribution in [0.1, 0.15) is 0 Å². The SMILES string of the molecule is COc1ccc(NC2=Nc3ccccc3OC2)cc1. The number of benzene rings is 2. The lowest BCUT2D eigenvalue weighted by molar-refractivity contribution is 0.372.